The molecule has 0 aromatic rings. The fourth-order valence-corrected chi connectivity index (χ4v) is 2.33. The van der Waals surface area contributed by atoms with E-state index in [4.69, 9.17) is 4.74 Å². The minimum atomic E-state index is -0.0730. The molecule has 110 valence electrons. The Morgan fingerprint density at radius 2 is 2.26 bits per heavy atom. The Bertz CT molecular complexity index is 305. The van der Waals surface area contributed by atoms with E-state index in [9.17, 15) is 4.79 Å². The van der Waals surface area contributed by atoms with Crippen molar-refractivity contribution >= 4 is 11.9 Å². The molecule has 0 bridgehead atoms. The van der Waals surface area contributed by atoms with Crippen LogP contribution in [0, 0.1) is 5.92 Å². The fraction of sp³-hybridized carbons (Fsp3) is 0.857. The van der Waals surface area contributed by atoms with E-state index in [1.54, 1.807) is 7.05 Å². The first-order valence-electron chi connectivity index (χ1n) is 7.35. The monoisotopic (exact) mass is 269 g/mol. The number of guanidine groups is 1. The molecule has 1 unspecified atom stereocenters. The van der Waals surface area contributed by atoms with E-state index in [2.05, 4.69) is 22.1 Å². The second-order valence-corrected chi connectivity index (χ2v) is 4.86. The standard InChI is InChI=1S/C14H27N3O2/c1-4-6-9-16-14(15-3)17-10-7-8-12(11-17)13(18)19-5-2/h12H,4-11H2,1-3H3,(H,15,16). The van der Waals surface area contributed by atoms with Crippen LogP contribution >= 0.6 is 0 Å². The summed E-state index contributed by atoms with van der Waals surface area (Å²) in [6.45, 7) is 7.08. The molecule has 1 aliphatic rings. The molecule has 1 heterocycles. The van der Waals surface area contributed by atoms with Gasteiger partial charge in [0, 0.05) is 26.7 Å². The quantitative estimate of drug-likeness (QED) is 0.357. The van der Waals surface area contributed by atoms with Gasteiger partial charge in [0.15, 0.2) is 5.96 Å². The number of nitrogens with zero attached hydrogens (tertiary/aromatic N) is 2. The molecule has 0 spiro atoms. The molecule has 0 aromatic heterocycles. The molecule has 0 aromatic carbocycles. The van der Waals surface area contributed by atoms with Crippen LogP contribution in [-0.2, 0) is 9.53 Å². The molecule has 1 aliphatic heterocycles. The van der Waals surface area contributed by atoms with E-state index >= 15 is 0 Å². The Morgan fingerprint density at radius 1 is 1.47 bits per heavy atom. The van der Waals surface area contributed by atoms with Crippen molar-refractivity contribution in [2.45, 2.75) is 39.5 Å². The number of esters is 1. The molecule has 1 N–H and O–H groups in total. The summed E-state index contributed by atoms with van der Waals surface area (Å²) in [4.78, 5) is 18.3. The summed E-state index contributed by atoms with van der Waals surface area (Å²) in [6, 6.07) is 0. The molecular weight excluding hydrogens is 242 g/mol. The maximum absolute atomic E-state index is 11.8. The van der Waals surface area contributed by atoms with Gasteiger partial charge in [-0.3, -0.25) is 9.79 Å². The van der Waals surface area contributed by atoms with Crippen molar-refractivity contribution < 1.29 is 9.53 Å². The number of unbranched alkanes of at least 4 members (excludes halogenated alkanes) is 1. The molecular formula is C14H27N3O2. The maximum atomic E-state index is 11.8. The van der Waals surface area contributed by atoms with E-state index in [1.807, 2.05) is 6.92 Å². The van der Waals surface area contributed by atoms with Crippen LogP contribution in [0.2, 0.25) is 0 Å². The number of ether oxygens (including phenoxy) is 1. The first-order chi connectivity index (χ1) is 9.22. The van der Waals surface area contributed by atoms with Crippen molar-refractivity contribution in [2.24, 2.45) is 10.9 Å². The highest BCUT2D eigenvalue weighted by atomic mass is 16.5. The normalized spacial score (nSPS) is 20.3. The van der Waals surface area contributed by atoms with Gasteiger partial charge in [-0.25, -0.2) is 0 Å². The topological polar surface area (TPSA) is 53.9 Å². The van der Waals surface area contributed by atoms with E-state index < -0.39 is 0 Å². The van der Waals surface area contributed by atoms with Crippen molar-refractivity contribution in [2.75, 3.05) is 33.3 Å². The third-order valence-corrected chi connectivity index (χ3v) is 3.37. The van der Waals surface area contributed by atoms with Crippen molar-refractivity contribution in [1.29, 1.82) is 0 Å². The smallest absolute Gasteiger partial charge is 0.310 e. The third-order valence-electron chi connectivity index (χ3n) is 3.37. The van der Waals surface area contributed by atoms with Crippen LogP contribution in [0.5, 0.6) is 0 Å². The molecule has 0 saturated carbocycles. The average molecular weight is 269 g/mol. The highest BCUT2D eigenvalue weighted by molar-refractivity contribution is 5.81. The number of rotatable bonds is 5. The predicted octanol–water partition coefficient (Wildman–Crippen LogP) is 1.64. The summed E-state index contributed by atoms with van der Waals surface area (Å²) in [5, 5.41) is 3.36. The number of piperidine rings is 1. The van der Waals surface area contributed by atoms with Gasteiger partial charge in [-0.2, -0.15) is 0 Å². The van der Waals surface area contributed by atoms with Gasteiger partial charge in [0.1, 0.15) is 0 Å². The van der Waals surface area contributed by atoms with Gasteiger partial charge < -0.3 is 15.0 Å². The predicted molar refractivity (Wildman–Crippen MR) is 77.2 cm³/mol. The van der Waals surface area contributed by atoms with E-state index in [1.165, 1.54) is 0 Å². The van der Waals surface area contributed by atoms with E-state index in [0.29, 0.717) is 13.2 Å². The number of aliphatic imine (C=N–C) groups is 1. The lowest BCUT2D eigenvalue weighted by atomic mass is 9.98. The zero-order valence-electron chi connectivity index (χ0n) is 12.4. The van der Waals surface area contributed by atoms with Crippen molar-refractivity contribution in [3.8, 4) is 0 Å². The Balaban J connectivity index is 2.50. The van der Waals surface area contributed by atoms with Crippen LogP contribution in [-0.4, -0.2) is 50.1 Å². The number of hydrogen-bond donors (Lipinski definition) is 1. The van der Waals surface area contributed by atoms with Gasteiger partial charge in [0.25, 0.3) is 0 Å². The summed E-state index contributed by atoms with van der Waals surface area (Å²) in [7, 11) is 1.79. The van der Waals surface area contributed by atoms with Crippen molar-refractivity contribution in [3.05, 3.63) is 0 Å². The molecule has 1 saturated heterocycles. The zero-order chi connectivity index (χ0) is 14.1. The van der Waals surface area contributed by atoms with Crippen molar-refractivity contribution in [3.63, 3.8) is 0 Å². The molecule has 0 aliphatic carbocycles. The number of hydrogen-bond acceptors (Lipinski definition) is 3. The van der Waals surface area contributed by atoms with E-state index in [0.717, 1.165) is 44.7 Å². The maximum Gasteiger partial charge on any atom is 0.310 e. The first-order valence-corrected chi connectivity index (χ1v) is 7.35. The second kappa shape index (κ2) is 8.77. The lowest BCUT2D eigenvalue weighted by molar-refractivity contribution is -0.149. The van der Waals surface area contributed by atoms with E-state index in [-0.39, 0.29) is 11.9 Å². The number of carbonyl (C=O) groups excluding carboxylic acids is 1. The van der Waals surface area contributed by atoms with Gasteiger partial charge in [-0.05, 0) is 26.2 Å². The van der Waals surface area contributed by atoms with Gasteiger partial charge in [0.05, 0.1) is 12.5 Å². The van der Waals surface area contributed by atoms with Crippen LogP contribution in [0.15, 0.2) is 4.99 Å². The second-order valence-electron chi connectivity index (χ2n) is 4.86. The molecule has 1 fully saturated rings. The van der Waals surface area contributed by atoms with Gasteiger partial charge in [0.2, 0.25) is 0 Å². The van der Waals surface area contributed by atoms with Crippen LogP contribution in [0.3, 0.4) is 0 Å². The minimum absolute atomic E-state index is 0.0153. The lowest BCUT2D eigenvalue weighted by Gasteiger charge is -2.33. The molecule has 0 amide bonds. The van der Waals surface area contributed by atoms with Gasteiger partial charge >= 0.3 is 5.97 Å². The molecule has 5 nitrogen and oxygen atoms in total. The van der Waals surface area contributed by atoms with Crippen molar-refractivity contribution in [1.82, 2.24) is 10.2 Å². The Morgan fingerprint density at radius 3 is 2.89 bits per heavy atom. The lowest BCUT2D eigenvalue weighted by Crippen LogP contribution is -2.48. The summed E-state index contributed by atoms with van der Waals surface area (Å²) >= 11 is 0. The highest BCUT2D eigenvalue weighted by Gasteiger charge is 2.28. The first kappa shape index (κ1) is 15.8. The Hall–Kier alpha value is -1.26. The summed E-state index contributed by atoms with van der Waals surface area (Å²) < 4.78 is 5.12. The minimum Gasteiger partial charge on any atom is -0.466 e. The Kier molecular flexibility index (Phi) is 7.30. The largest absolute Gasteiger partial charge is 0.466 e. The number of carbonyl (C=O) groups is 1. The van der Waals surface area contributed by atoms with Crippen LogP contribution in [0.1, 0.15) is 39.5 Å². The Labute approximate surface area is 116 Å². The summed E-state index contributed by atoms with van der Waals surface area (Å²) in [5.41, 5.74) is 0. The van der Waals surface area contributed by atoms with Crippen LogP contribution in [0.25, 0.3) is 0 Å². The van der Waals surface area contributed by atoms with Gasteiger partial charge in [-0.1, -0.05) is 13.3 Å². The average Bonchev–Trinajstić information content (AvgIpc) is 2.44. The number of likely N-dealkylation sites (tertiary alicyclic amines) is 1. The zero-order valence-corrected chi connectivity index (χ0v) is 12.4. The summed E-state index contributed by atoms with van der Waals surface area (Å²) in [6.07, 6.45) is 4.23. The molecule has 1 atom stereocenters. The van der Waals surface area contributed by atoms with Gasteiger partial charge in [-0.15, -0.1) is 0 Å². The third kappa shape index (κ3) is 5.09. The molecule has 1 rings (SSSR count). The molecule has 19 heavy (non-hydrogen) atoms. The van der Waals surface area contributed by atoms with Crippen LogP contribution in [0.4, 0.5) is 0 Å². The van der Waals surface area contributed by atoms with Crippen LogP contribution < -0.4 is 5.32 Å². The molecule has 5 heteroatoms. The number of nitrogens with one attached hydrogen (secondary N) is 1. The highest BCUT2D eigenvalue weighted by Crippen LogP contribution is 2.18. The SMILES string of the molecule is CCCCNC(=NC)N1CCCC(C(=O)OCC)C1. The fourth-order valence-electron chi connectivity index (χ4n) is 2.33. The molecule has 0 radical (unpaired) electrons. The summed E-state index contributed by atoms with van der Waals surface area (Å²) in [5.74, 6) is 0.817.